The molecule has 0 aromatic heterocycles. The van der Waals surface area contributed by atoms with Crippen molar-refractivity contribution in [2.75, 3.05) is 20.2 Å². The minimum Gasteiger partial charge on any atom is -0.496 e. The van der Waals surface area contributed by atoms with Crippen molar-refractivity contribution in [3.63, 3.8) is 0 Å². The summed E-state index contributed by atoms with van der Waals surface area (Å²) in [6.07, 6.45) is 3.87. The van der Waals surface area contributed by atoms with E-state index in [9.17, 15) is 0 Å². The molecule has 2 nitrogen and oxygen atoms in total. The van der Waals surface area contributed by atoms with Crippen molar-refractivity contribution in [2.24, 2.45) is 5.92 Å². The van der Waals surface area contributed by atoms with Gasteiger partial charge in [0.25, 0.3) is 0 Å². The van der Waals surface area contributed by atoms with E-state index in [4.69, 9.17) is 4.74 Å². The van der Waals surface area contributed by atoms with E-state index < -0.39 is 0 Å². The number of aryl methyl sites for hydroxylation is 1. The molecule has 1 heterocycles. The van der Waals surface area contributed by atoms with E-state index in [-0.39, 0.29) is 0 Å². The maximum atomic E-state index is 5.49. The van der Waals surface area contributed by atoms with Gasteiger partial charge in [0.15, 0.2) is 0 Å². The molecule has 1 N–H and O–H groups in total. The third-order valence-electron chi connectivity index (χ3n) is 4.25. The number of ether oxygens (including phenoxy) is 1. The highest BCUT2D eigenvalue weighted by molar-refractivity contribution is 5.49. The largest absolute Gasteiger partial charge is 0.496 e. The summed E-state index contributed by atoms with van der Waals surface area (Å²) < 4.78 is 5.49. The van der Waals surface area contributed by atoms with E-state index in [1.54, 1.807) is 7.11 Å². The van der Waals surface area contributed by atoms with Crippen LogP contribution < -0.4 is 10.1 Å². The number of benzene rings is 1. The van der Waals surface area contributed by atoms with E-state index in [0.29, 0.717) is 0 Å². The second kappa shape index (κ2) is 5.75. The normalized spacial score (nSPS) is 19.9. The van der Waals surface area contributed by atoms with Crippen molar-refractivity contribution >= 4 is 0 Å². The Morgan fingerprint density at radius 1 is 1.28 bits per heavy atom. The molecular formula is C16H25NO. The van der Waals surface area contributed by atoms with E-state index >= 15 is 0 Å². The smallest absolute Gasteiger partial charge is 0.124 e. The van der Waals surface area contributed by atoms with E-state index in [1.807, 2.05) is 0 Å². The number of nitrogens with one attached hydrogen (secondary N) is 1. The Kier molecular flexibility index (Phi) is 4.28. The number of piperidine rings is 1. The fourth-order valence-corrected chi connectivity index (χ4v) is 3.08. The van der Waals surface area contributed by atoms with Gasteiger partial charge in [-0.2, -0.15) is 0 Å². The van der Waals surface area contributed by atoms with Crippen molar-refractivity contribution in [1.82, 2.24) is 5.32 Å². The molecule has 2 heteroatoms. The summed E-state index contributed by atoms with van der Waals surface area (Å²) >= 11 is 0. The Morgan fingerprint density at radius 2 is 2.06 bits per heavy atom. The molecular weight excluding hydrogens is 222 g/mol. The van der Waals surface area contributed by atoms with Gasteiger partial charge in [0.2, 0.25) is 0 Å². The van der Waals surface area contributed by atoms with Gasteiger partial charge < -0.3 is 10.1 Å². The highest BCUT2D eigenvalue weighted by Crippen LogP contribution is 2.30. The molecule has 1 aliphatic heterocycles. The number of hydrogen-bond acceptors (Lipinski definition) is 2. The van der Waals surface area contributed by atoms with Gasteiger partial charge in [-0.25, -0.2) is 0 Å². The first-order valence-corrected chi connectivity index (χ1v) is 6.98. The fraction of sp³-hybridized carbons (Fsp3) is 0.625. The van der Waals surface area contributed by atoms with Crippen LogP contribution >= 0.6 is 0 Å². The van der Waals surface area contributed by atoms with Gasteiger partial charge in [0, 0.05) is 0 Å². The molecule has 0 bridgehead atoms. The van der Waals surface area contributed by atoms with Crippen LogP contribution in [-0.2, 0) is 6.42 Å². The Labute approximate surface area is 111 Å². The van der Waals surface area contributed by atoms with Gasteiger partial charge in [-0.15, -0.1) is 0 Å². The predicted octanol–water partition coefficient (Wildman–Crippen LogP) is 3.16. The second-order valence-electron chi connectivity index (χ2n) is 5.55. The van der Waals surface area contributed by atoms with Crippen LogP contribution in [0.3, 0.4) is 0 Å². The van der Waals surface area contributed by atoms with Crippen LogP contribution in [0.4, 0.5) is 0 Å². The van der Waals surface area contributed by atoms with Gasteiger partial charge in [0.1, 0.15) is 5.75 Å². The Bertz CT molecular complexity index is 420. The van der Waals surface area contributed by atoms with Gasteiger partial charge in [-0.05, 0) is 81.3 Å². The number of methoxy groups -OCH3 is 1. The van der Waals surface area contributed by atoms with Crippen LogP contribution in [0.5, 0.6) is 5.75 Å². The Morgan fingerprint density at radius 3 is 2.67 bits per heavy atom. The molecule has 1 atom stereocenters. The summed E-state index contributed by atoms with van der Waals surface area (Å²) in [7, 11) is 1.76. The SMILES string of the molecule is COc1c(C)cc(CC2CCCNC2)c(C)c1C. The number of rotatable bonds is 3. The second-order valence-corrected chi connectivity index (χ2v) is 5.55. The van der Waals surface area contributed by atoms with E-state index in [2.05, 4.69) is 32.2 Å². The standard InChI is InChI=1S/C16H25NO/c1-11-8-15(9-14-6-5-7-17-10-14)12(2)13(3)16(11)18-4/h8,14,17H,5-7,9-10H2,1-4H3. The molecule has 1 aliphatic rings. The first kappa shape index (κ1) is 13.4. The number of hydrogen-bond donors (Lipinski definition) is 1. The summed E-state index contributed by atoms with van der Waals surface area (Å²) in [6, 6.07) is 2.32. The average molecular weight is 247 g/mol. The Hall–Kier alpha value is -1.02. The summed E-state index contributed by atoms with van der Waals surface area (Å²) in [5.41, 5.74) is 5.47. The van der Waals surface area contributed by atoms with Crippen LogP contribution in [0, 0.1) is 26.7 Å². The lowest BCUT2D eigenvalue weighted by molar-refractivity contribution is 0.374. The molecule has 1 saturated heterocycles. The zero-order valence-electron chi connectivity index (χ0n) is 12.1. The third kappa shape index (κ3) is 2.69. The topological polar surface area (TPSA) is 21.3 Å². The van der Waals surface area contributed by atoms with Crippen LogP contribution in [0.2, 0.25) is 0 Å². The zero-order valence-corrected chi connectivity index (χ0v) is 12.1. The molecule has 0 saturated carbocycles. The highest BCUT2D eigenvalue weighted by Gasteiger charge is 2.17. The van der Waals surface area contributed by atoms with Crippen molar-refractivity contribution in [1.29, 1.82) is 0 Å². The molecule has 0 amide bonds. The molecule has 1 aromatic rings. The molecule has 2 rings (SSSR count). The first-order valence-electron chi connectivity index (χ1n) is 6.98. The predicted molar refractivity (Wildman–Crippen MR) is 76.5 cm³/mol. The fourth-order valence-electron chi connectivity index (χ4n) is 3.08. The summed E-state index contributed by atoms with van der Waals surface area (Å²) in [5.74, 6) is 1.85. The summed E-state index contributed by atoms with van der Waals surface area (Å²) in [5, 5.41) is 3.50. The Balaban J connectivity index is 2.22. The third-order valence-corrected chi connectivity index (χ3v) is 4.25. The lowest BCUT2D eigenvalue weighted by atomic mass is 9.88. The highest BCUT2D eigenvalue weighted by atomic mass is 16.5. The van der Waals surface area contributed by atoms with Crippen LogP contribution in [-0.4, -0.2) is 20.2 Å². The van der Waals surface area contributed by atoms with E-state index in [0.717, 1.165) is 11.7 Å². The quantitative estimate of drug-likeness (QED) is 0.886. The van der Waals surface area contributed by atoms with Crippen molar-refractivity contribution in [3.05, 3.63) is 28.3 Å². The molecule has 1 fully saturated rings. The maximum Gasteiger partial charge on any atom is 0.124 e. The van der Waals surface area contributed by atoms with Crippen molar-refractivity contribution < 1.29 is 4.74 Å². The zero-order chi connectivity index (χ0) is 13.1. The molecule has 1 unspecified atom stereocenters. The minimum absolute atomic E-state index is 0.796. The lowest BCUT2D eigenvalue weighted by Gasteiger charge is -2.24. The molecule has 1 aromatic carbocycles. The summed E-state index contributed by atoms with van der Waals surface area (Å²) in [4.78, 5) is 0. The van der Waals surface area contributed by atoms with Crippen molar-refractivity contribution in [2.45, 2.75) is 40.0 Å². The average Bonchev–Trinajstić information content (AvgIpc) is 2.37. The van der Waals surface area contributed by atoms with Gasteiger partial charge in [0.05, 0.1) is 7.11 Å². The molecule has 100 valence electrons. The van der Waals surface area contributed by atoms with Crippen LogP contribution in [0.25, 0.3) is 0 Å². The molecule has 0 aliphatic carbocycles. The molecule has 18 heavy (non-hydrogen) atoms. The maximum absolute atomic E-state index is 5.49. The van der Waals surface area contributed by atoms with Crippen LogP contribution in [0.1, 0.15) is 35.1 Å². The van der Waals surface area contributed by atoms with E-state index in [1.165, 1.54) is 54.6 Å². The van der Waals surface area contributed by atoms with Gasteiger partial charge in [-0.1, -0.05) is 6.07 Å². The molecule has 0 radical (unpaired) electrons. The van der Waals surface area contributed by atoms with Crippen LogP contribution in [0.15, 0.2) is 6.07 Å². The lowest BCUT2D eigenvalue weighted by Crippen LogP contribution is -2.31. The monoisotopic (exact) mass is 247 g/mol. The van der Waals surface area contributed by atoms with Crippen molar-refractivity contribution in [3.8, 4) is 5.75 Å². The van der Waals surface area contributed by atoms with Gasteiger partial charge >= 0.3 is 0 Å². The van der Waals surface area contributed by atoms with Gasteiger partial charge in [-0.3, -0.25) is 0 Å². The summed E-state index contributed by atoms with van der Waals surface area (Å²) in [6.45, 7) is 8.90. The molecule has 0 spiro atoms. The first-order chi connectivity index (χ1) is 8.63. The minimum atomic E-state index is 0.796.